The number of hydrogen-bond donors (Lipinski definition) is 1. The smallest absolute Gasteiger partial charge is 0.249 e. The second-order valence-electron chi connectivity index (χ2n) is 6.42. The van der Waals surface area contributed by atoms with E-state index in [0.29, 0.717) is 24.7 Å². The first-order chi connectivity index (χ1) is 13.7. The molecule has 1 aliphatic rings. The van der Waals surface area contributed by atoms with Gasteiger partial charge >= 0.3 is 0 Å². The van der Waals surface area contributed by atoms with Crippen molar-refractivity contribution in [1.29, 1.82) is 0 Å². The number of rotatable bonds is 5. The lowest BCUT2D eigenvalue weighted by Gasteiger charge is -2.36. The molecule has 1 N–H and O–H groups in total. The quantitative estimate of drug-likeness (QED) is 0.730. The van der Waals surface area contributed by atoms with Crippen LogP contribution in [0.3, 0.4) is 0 Å². The van der Waals surface area contributed by atoms with Gasteiger partial charge in [-0.15, -0.1) is 5.10 Å². The van der Waals surface area contributed by atoms with E-state index in [9.17, 15) is 4.39 Å². The van der Waals surface area contributed by atoms with Crippen molar-refractivity contribution in [2.24, 2.45) is 0 Å². The van der Waals surface area contributed by atoms with Crippen molar-refractivity contribution in [3.8, 4) is 5.75 Å². The van der Waals surface area contributed by atoms with E-state index in [-0.39, 0.29) is 5.82 Å². The molecular weight excluding hydrogens is 359 g/mol. The van der Waals surface area contributed by atoms with Crippen molar-refractivity contribution in [2.75, 3.05) is 48.4 Å². The van der Waals surface area contributed by atoms with Crippen LogP contribution in [-0.2, 0) is 0 Å². The molecule has 0 radical (unpaired) electrons. The third-order valence-corrected chi connectivity index (χ3v) is 4.69. The fourth-order valence-corrected chi connectivity index (χ4v) is 3.19. The summed E-state index contributed by atoms with van der Waals surface area (Å²) in [5.41, 5.74) is 1.49. The Labute approximate surface area is 162 Å². The fraction of sp³-hybridized carbons (Fsp3) is 0.250. The van der Waals surface area contributed by atoms with Crippen LogP contribution in [0.5, 0.6) is 5.75 Å². The highest BCUT2D eigenvalue weighted by Gasteiger charge is 2.20. The highest BCUT2D eigenvalue weighted by molar-refractivity contribution is 5.56. The summed E-state index contributed by atoms with van der Waals surface area (Å²) in [5, 5.41) is 11.3. The number of methoxy groups -OCH3 is 1. The molecule has 4 rings (SSSR count). The summed E-state index contributed by atoms with van der Waals surface area (Å²) in [6, 6.07) is 14.4. The van der Waals surface area contributed by atoms with Crippen LogP contribution in [0, 0.1) is 5.82 Å². The normalized spacial score (nSPS) is 14.1. The van der Waals surface area contributed by atoms with Gasteiger partial charge in [-0.05, 0) is 36.4 Å². The van der Waals surface area contributed by atoms with Crippen LogP contribution < -0.4 is 19.9 Å². The van der Waals surface area contributed by atoms with Gasteiger partial charge in [0.2, 0.25) is 5.95 Å². The summed E-state index contributed by atoms with van der Waals surface area (Å²) in [6.45, 7) is 2.89. The Morgan fingerprint density at radius 1 is 0.964 bits per heavy atom. The maximum absolute atomic E-state index is 14.0. The molecule has 8 heteroatoms. The van der Waals surface area contributed by atoms with Gasteiger partial charge in [-0.2, -0.15) is 10.1 Å². The predicted octanol–water partition coefficient (Wildman–Crippen LogP) is 3.09. The summed E-state index contributed by atoms with van der Waals surface area (Å²) < 4.78 is 19.2. The number of nitrogens with one attached hydrogen (secondary N) is 1. The number of nitrogens with zero attached hydrogens (tertiary/aromatic N) is 5. The Morgan fingerprint density at radius 3 is 2.39 bits per heavy atom. The lowest BCUT2D eigenvalue weighted by molar-refractivity contribution is 0.415. The molecule has 144 valence electrons. The van der Waals surface area contributed by atoms with Crippen LogP contribution in [0.2, 0.25) is 0 Å². The van der Waals surface area contributed by atoms with Gasteiger partial charge in [-0.25, -0.2) is 4.39 Å². The minimum absolute atomic E-state index is 0.189. The van der Waals surface area contributed by atoms with Gasteiger partial charge in [0.25, 0.3) is 0 Å². The first-order valence-corrected chi connectivity index (χ1v) is 9.08. The molecule has 1 aromatic heterocycles. The molecule has 1 aliphatic heterocycles. The molecule has 0 aliphatic carbocycles. The maximum atomic E-state index is 14.0. The number of anilines is 4. The van der Waals surface area contributed by atoms with E-state index in [0.717, 1.165) is 30.3 Å². The van der Waals surface area contributed by atoms with Crippen LogP contribution in [0.15, 0.2) is 54.7 Å². The van der Waals surface area contributed by atoms with Gasteiger partial charge < -0.3 is 19.9 Å². The molecule has 7 nitrogen and oxygen atoms in total. The number of ether oxygens (including phenoxy) is 1. The van der Waals surface area contributed by atoms with Crippen molar-refractivity contribution in [2.45, 2.75) is 0 Å². The van der Waals surface area contributed by atoms with Crippen LogP contribution >= 0.6 is 0 Å². The third kappa shape index (κ3) is 3.95. The second-order valence-corrected chi connectivity index (χ2v) is 6.42. The molecule has 1 saturated heterocycles. The van der Waals surface area contributed by atoms with E-state index in [4.69, 9.17) is 4.74 Å². The molecular formula is C20H21FN6O. The molecule has 1 fully saturated rings. The standard InChI is InChI=1S/C20H21FN6O/c1-28-16-8-6-15(7-9-16)23-20-24-19(14-22-25-20)27-12-10-26(11-13-27)18-5-3-2-4-17(18)21/h2-9,14H,10-13H2,1H3,(H,23,24,25). The average molecular weight is 380 g/mol. The first kappa shape index (κ1) is 18.0. The highest BCUT2D eigenvalue weighted by Crippen LogP contribution is 2.23. The molecule has 0 saturated carbocycles. The van der Waals surface area contributed by atoms with E-state index < -0.39 is 0 Å². The Balaban J connectivity index is 1.41. The molecule has 28 heavy (non-hydrogen) atoms. The zero-order valence-corrected chi connectivity index (χ0v) is 15.5. The van der Waals surface area contributed by atoms with E-state index >= 15 is 0 Å². The molecule has 0 amide bonds. The first-order valence-electron chi connectivity index (χ1n) is 9.08. The molecule has 2 aromatic carbocycles. The highest BCUT2D eigenvalue weighted by atomic mass is 19.1. The number of hydrogen-bond acceptors (Lipinski definition) is 7. The molecule has 0 spiro atoms. The largest absolute Gasteiger partial charge is 0.497 e. The fourth-order valence-electron chi connectivity index (χ4n) is 3.19. The Hall–Kier alpha value is -3.42. The number of piperazine rings is 1. The summed E-state index contributed by atoms with van der Waals surface area (Å²) in [6.07, 6.45) is 1.65. The summed E-state index contributed by atoms with van der Waals surface area (Å²) >= 11 is 0. The SMILES string of the molecule is COc1ccc(Nc2nncc(N3CCN(c4ccccc4F)CC3)n2)cc1. The molecule has 3 aromatic rings. The molecule has 0 bridgehead atoms. The lowest BCUT2D eigenvalue weighted by Crippen LogP contribution is -2.47. The van der Waals surface area contributed by atoms with Gasteiger partial charge in [0.05, 0.1) is 19.0 Å². The van der Waals surface area contributed by atoms with Gasteiger partial charge in [-0.3, -0.25) is 0 Å². The van der Waals surface area contributed by atoms with Crippen LogP contribution in [0.25, 0.3) is 0 Å². The predicted molar refractivity (Wildman–Crippen MR) is 107 cm³/mol. The van der Waals surface area contributed by atoms with E-state index in [1.54, 1.807) is 19.4 Å². The lowest BCUT2D eigenvalue weighted by atomic mass is 10.2. The number of aromatic nitrogens is 3. The van der Waals surface area contributed by atoms with Crippen molar-refractivity contribution >= 4 is 23.1 Å². The summed E-state index contributed by atoms with van der Waals surface area (Å²) in [7, 11) is 1.63. The van der Waals surface area contributed by atoms with Crippen LogP contribution in [0.1, 0.15) is 0 Å². The minimum Gasteiger partial charge on any atom is -0.497 e. The van der Waals surface area contributed by atoms with Crippen molar-refractivity contribution in [1.82, 2.24) is 15.2 Å². The number of para-hydroxylation sites is 1. The Bertz CT molecular complexity index is 928. The van der Waals surface area contributed by atoms with E-state index in [1.165, 1.54) is 6.07 Å². The second kappa shape index (κ2) is 8.08. The van der Waals surface area contributed by atoms with E-state index in [2.05, 4.69) is 30.3 Å². The molecule has 2 heterocycles. The number of benzene rings is 2. The average Bonchev–Trinajstić information content (AvgIpc) is 2.75. The third-order valence-electron chi connectivity index (χ3n) is 4.69. The molecule has 0 atom stereocenters. The van der Waals surface area contributed by atoms with Crippen LogP contribution in [-0.4, -0.2) is 48.5 Å². The van der Waals surface area contributed by atoms with Gasteiger partial charge in [0.15, 0.2) is 5.82 Å². The number of halogens is 1. The van der Waals surface area contributed by atoms with Gasteiger partial charge in [0.1, 0.15) is 11.6 Å². The van der Waals surface area contributed by atoms with Crippen molar-refractivity contribution in [3.05, 3.63) is 60.5 Å². The monoisotopic (exact) mass is 380 g/mol. The Kier molecular flexibility index (Phi) is 5.18. The minimum atomic E-state index is -0.189. The van der Waals surface area contributed by atoms with Crippen molar-refractivity contribution in [3.63, 3.8) is 0 Å². The van der Waals surface area contributed by atoms with Crippen molar-refractivity contribution < 1.29 is 9.13 Å². The van der Waals surface area contributed by atoms with Gasteiger partial charge in [-0.1, -0.05) is 12.1 Å². The van der Waals surface area contributed by atoms with E-state index in [1.807, 2.05) is 36.4 Å². The summed E-state index contributed by atoms with van der Waals surface area (Å²) in [4.78, 5) is 8.75. The topological polar surface area (TPSA) is 66.4 Å². The zero-order valence-electron chi connectivity index (χ0n) is 15.5. The zero-order chi connectivity index (χ0) is 19.3. The van der Waals surface area contributed by atoms with Gasteiger partial charge in [0, 0.05) is 31.9 Å². The molecule has 0 unspecified atom stereocenters. The Morgan fingerprint density at radius 2 is 1.68 bits per heavy atom. The maximum Gasteiger partial charge on any atom is 0.249 e. The van der Waals surface area contributed by atoms with Crippen LogP contribution in [0.4, 0.5) is 27.5 Å². The summed E-state index contributed by atoms with van der Waals surface area (Å²) in [5.74, 6) is 1.77.